The Kier molecular flexibility index (Phi) is 4.19. The highest BCUT2D eigenvalue weighted by Gasteiger charge is 2.64. The number of carboxylic acid groups (broad SMARTS) is 1. The third-order valence-electron chi connectivity index (χ3n) is 8.61. The van der Waals surface area contributed by atoms with Crippen LogP contribution in [0.2, 0.25) is 0 Å². The van der Waals surface area contributed by atoms with Crippen LogP contribution in [0, 0.1) is 28.6 Å². The molecule has 2 saturated carbocycles. The molecule has 0 spiro atoms. The number of hydrogen-bond donors (Lipinski definition) is 1. The van der Waals surface area contributed by atoms with Crippen LogP contribution < -0.4 is 0 Å². The zero-order valence-corrected chi connectivity index (χ0v) is 17.2. The van der Waals surface area contributed by atoms with Crippen molar-refractivity contribution in [3.8, 4) is 0 Å². The van der Waals surface area contributed by atoms with E-state index in [1.807, 2.05) is 6.92 Å². The molecular weight excluding hydrogens is 356 g/mol. The number of ketones is 1. The van der Waals surface area contributed by atoms with Gasteiger partial charge in [0.1, 0.15) is 5.60 Å². The van der Waals surface area contributed by atoms with E-state index >= 15 is 0 Å². The van der Waals surface area contributed by atoms with Crippen molar-refractivity contribution in [2.45, 2.75) is 71.8 Å². The molecule has 0 unspecified atom stereocenters. The maximum Gasteiger partial charge on any atom is 0.307 e. The molecule has 0 saturated heterocycles. The Morgan fingerprint density at radius 2 is 1.93 bits per heavy atom. The minimum absolute atomic E-state index is 0.0658. The molecule has 2 fully saturated rings. The molecule has 1 N–H and O–H groups in total. The van der Waals surface area contributed by atoms with Gasteiger partial charge in [0.15, 0.2) is 5.78 Å². The smallest absolute Gasteiger partial charge is 0.307 e. The van der Waals surface area contributed by atoms with Gasteiger partial charge in [0.05, 0.1) is 5.92 Å². The summed E-state index contributed by atoms with van der Waals surface area (Å²) in [5.74, 6) is -1.39. The summed E-state index contributed by atoms with van der Waals surface area (Å²) < 4.78 is 5.82. The molecule has 0 radical (unpaired) electrons. The zero-order chi connectivity index (χ0) is 20.5. The molecule has 0 heterocycles. The monoisotopic (exact) mass is 386 g/mol. The predicted octanol–water partition coefficient (Wildman–Crippen LogP) is 4.07. The van der Waals surface area contributed by atoms with E-state index in [1.165, 1.54) is 12.5 Å². The number of aliphatic carboxylic acids is 1. The van der Waals surface area contributed by atoms with E-state index < -0.39 is 17.5 Å². The van der Waals surface area contributed by atoms with Crippen LogP contribution in [-0.2, 0) is 19.1 Å². The summed E-state index contributed by atoms with van der Waals surface area (Å²) in [6.07, 6.45) is 8.06. The topological polar surface area (TPSA) is 80.7 Å². The lowest BCUT2D eigenvalue weighted by Crippen LogP contribution is -2.54. The van der Waals surface area contributed by atoms with Crippen LogP contribution >= 0.6 is 0 Å². The van der Waals surface area contributed by atoms with Crippen molar-refractivity contribution in [3.63, 3.8) is 0 Å². The summed E-state index contributed by atoms with van der Waals surface area (Å²) in [5, 5.41) is 10.1. The van der Waals surface area contributed by atoms with E-state index in [1.54, 1.807) is 6.08 Å². The molecule has 0 aromatic heterocycles. The number of hydrogen-bond acceptors (Lipinski definition) is 4. The number of fused-ring (bicyclic) bond motifs is 5. The Balaban J connectivity index is 1.83. The van der Waals surface area contributed by atoms with Gasteiger partial charge in [-0.1, -0.05) is 31.1 Å². The van der Waals surface area contributed by atoms with Crippen LogP contribution in [0.25, 0.3) is 0 Å². The van der Waals surface area contributed by atoms with Crippen molar-refractivity contribution in [2.24, 2.45) is 28.6 Å². The van der Waals surface area contributed by atoms with Crippen LogP contribution in [0.4, 0.5) is 0 Å². The van der Waals surface area contributed by atoms with E-state index in [2.05, 4.69) is 19.9 Å². The fourth-order valence-corrected chi connectivity index (χ4v) is 6.80. The Morgan fingerprint density at radius 1 is 1.21 bits per heavy atom. The first kappa shape index (κ1) is 19.4. The quantitative estimate of drug-likeness (QED) is 0.571. The maximum absolute atomic E-state index is 12.3. The lowest BCUT2D eigenvalue weighted by Gasteiger charge is -2.56. The minimum atomic E-state index is -0.790. The van der Waals surface area contributed by atoms with Crippen LogP contribution in [0.5, 0.6) is 0 Å². The minimum Gasteiger partial charge on any atom is -0.481 e. The van der Waals surface area contributed by atoms with Crippen LogP contribution in [-0.4, -0.2) is 28.4 Å². The van der Waals surface area contributed by atoms with E-state index in [0.717, 1.165) is 31.3 Å². The molecule has 0 aliphatic heterocycles. The standard InChI is InChI=1S/C23H30O5/c1-13(24)28-23(4)10-7-18-19-16(20(26)27)12-14-11-15(25)5-8-21(14,2)17(19)6-9-22(18,23)3/h6,11,16,18-19H,5,7-10,12H2,1-4H3,(H,26,27)/t16-,18+,19-,21+,22+,23+/m1/s1. The number of esters is 1. The van der Waals surface area contributed by atoms with E-state index in [0.29, 0.717) is 12.8 Å². The predicted molar refractivity (Wildman–Crippen MR) is 103 cm³/mol. The molecule has 5 heteroatoms. The van der Waals surface area contributed by atoms with Gasteiger partial charge >= 0.3 is 11.9 Å². The molecule has 6 atom stereocenters. The zero-order valence-electron chi connectivity index (χ0n) is 17.2. The van der Waals surface area contributed by atoms with Crippen LogP contribution in [0.15, 0.2) is 23.3 Å². The lowest BCUT2D eigenvalue weighted by atomic mass is 9.48. The highest BCUT2D eigenvalue weighted by molar-refractivity contribution is 5.92. The first-order valence-corrected chi connectivity index (χ1v) is 10.4. The number of carboxylic acids is 1. The number of rotatable bonds is 2. The maximum atomic E-state index is 12.3. The normalized spacial score (nSPS) is 44.6. The number of ether oxygens (including phenoxy) is 1. The van der Waals surface area contributed by atoms with E-state index in [9.17, 15) is 19.5 Å². The fraction of sp³-hybridized carbons (Fsp3) is 0.696. The highest BCUT2D eigenvalue weighted by Crippen LogP contribution is 2.67. The van der Waals surface area contributed by atoms with Gasteiger partial charge in [-0.2, -0.15) is 0 Å². The van der Waals surface area contributed by atoms with Gasteiger partial charge in [-0.05, 0) is 56.9 Å². The van der Waals surface area contributed by atoms with Crippen LogP contribution in [0.1, 0.15) is 66.2 Å². The molecule has 0 amide bonds. The van der Waals surface area contributed by atoms with Gasteiger partial charge < -0.3 is 9.84 Å². The van der Waals surface area contributed by atoms with E-state index in [-0.39, 0.29) is 34.4 Å². The summed E-state index contributed by atoms with van der Waals surface area (Å²) in [6, 6.07) is 0. The third kappa shape index (κ3) is 2.47. The van der Waals surface area contributed by atoms with Crippen LogP contribution in [0.3, 0.4) is 0 Å². The molecule has 4 aliphatic rings. The number of carbonyl (C=O) groups is 3. The van der Waals surface area contributed by atoms with Crippen molar-refractivity contribution >= 4 is 17.7 Å². The SMILES string of the molecule is CC(=O)O[C@@]1(C)CC[C@H]2[C@H]3C(=CC[C@@]21C)[C@@]1(C)CCC(=O)C=C1C[C@H]3C(=O)O. The first-order valence-electron chi connectivity index (χ1n) is 10.4. The van der Waals surface area contributed by atoms with Gasteiger partial charge in [0.25, 0.3) is 0 Å². The van der Waals surface area contributed by atoms with Gasteiger partial charge in [-0.25, -0.2) is 0 Å². The average Bonchev–Trinajstić information content (AvgIpc) is 2.85. The summed E-state index contributed by atoms with van der Waals surface area (Å²) in [5.41, 5.74) is 1.13. The molecule has 0 bridgehead atoms. The summed E-state index contributed by atoms with van der Waals surface area (Å²) in [6.45, 7) is 7.81. The molecule has 152 valence electrons. The Labute approximate surface area is 166 Å². The van der Waals surface area contributed by atoms with Crippen molar-refractivity contribution in [1.82, 2.24) is 0 Å². The highest BCUT2D eigenvalue weighted by atomic mass is 16.6. The third-order valence-corrected chi connectivity index (χ3v) is 8.61. The molecule has 0 aromatic carbocycles. The largest absolute Gasteiger partial charge is 0.481 e. The Bertz CT molecular complexity index is 823. The van der Waals surface area contributed by atoms with Crippen molar-refractivity contribution in [3.05, 3.63) is 23.3 Å². The first-order chi connectivity index (χ1) is 13.0. The Morgan fingerprint density at radius 3 is 2.57 bits per heavy atom. The van der Waals surface area contributed by atoms with E-state index in [4.69, 9.17) is 4.74 Å². The molecule has 28 heavy (non-hydrogen) atoms. The van der Waals surface area contributed by atoms with Gasteiger partial charge in [-0.3, -0.25) is 14.4 Å². The summed E-state index contributed by atoms with van der Waals surface area (Å²) in [4.78, 5) is 36.1. The lowest BCUT2D eigenvalue weighted by molar-refractivity contribution is -0.171. The molecule has 4 aliphatic carbocycles. The molecule has 4 rings (SSSR count). The van der Waals surface area contributed by atoms with Crippen molar-refractivity contribution in [2.75, 3.05) is 0 Å². The summed E-state index contributed by atoms with van der Waals surface area (Å²) >= 11 is 0. The van der Waals surface area contributed by atoms with Gasteiger partial charge in [-0.15, -0.1) is 0 Å². The number of carbonyl (C=O) groups excluding carboxylic acids is 2. The molecule has 0 aromatic rings. The molecular formula is C23H30O5. The average molecular weight is 386 g/mol. The second-order valence-electron chi connectivity index (χ2n) is 9.89. The fourth-order valence-electron chi connectivity index (χ4n) is 6.80. The summed E-state index contributed by atoms with van der Waals surface area (Å²) in [7, 11) is 0. The van der Waals surface area contributed by atoms with Crippen molar-refractivity contribution in [1.29, 1.82) is 0 Å². The Hall–Kier alpha value is -1.91. The second kappa shape index (κ2) is 6.04. The molecule has 5 nitrogen and oxygen atoms in total. The van der Waals surface area contributed by atoms with Gasteiger partial charge in [0.2, 0.25) is 0 Å². The second-order valence-corrected chi connectivity index (χ2v) is 9.89. The van der Waals surface area contributed by atoms with Gasteiger partial charge in [0, 0.05) is 24.2 Å². The number of allylic oxidation sites excluding steroid dienone is 4. The van der Waals surface area contributed by atoms with Crippen molar-refractivity contribution < 1.29 is 24.2 Å².